The number of hydrogen-bond donors (Lipinski definition) is 3. The molecule has 23 heavy (non-hydrogen) atoms. The van der Waals surface area contributed by atoms with Crippen LogP contribution in [-0.4, -0.2) is 44.7 Å². The fourth-order valence-electron chi connectivity index (χ4n) is 1.98. The highest BCUT2D eigenvalue weighted by molar-refractivity contribution is 5.92. The van der Waals surface area contributed by atoms with Crippen LogP contribution in [0.2, 0.25) is 0 Å². The number of primary amides is 1. The molecule has 4 N–H and O–H groups in total. The van der Waals surface area contributed by atoms with E-state index in [1.165, 1.54) is 0 Å². The van der Waals surface area contributed by atoms with E-state index in [0.717, 1.165) is 4.90 Å². The summed E-state index contributed by atoms with van der Waals surface area (Å²) < 4.78 is 11.0. The topological polar surface area (TPSA) is 95.1 Å². The molecular weight excluding hydrogens is 298 g/mol. The van der Waals surface area contributed by atoms with Crippen LogP contribution >= 0.6 is 0 Å². The summed E-state index contributed by atoms with van der Waals surface area (Å²) in [4.78, 5) is 23.9. The Bertz CT molecular complexity index is 548. The van der Waals surface area contributed by atoms with E-state index in [2.05, 4.69) is 5.32 Å². The lowest BCUT2D eigenvalue weighted by Crippen LogP contribution is -3.15. The Balaban J connectivity index is 2.74. The molecule has 128 valence electrons. The highest BCUT2D eigenvalue weighted by Gasteiger charge is 2.21. The maximum atomic E-state index is 12.1. The number of amides is 2. The molecule has 7 heteroatoms. The van der Waals surface area contributed by atoms with Gasteiger partial charge >= 0.3 is 0 Å². The fourth-order valence-corrected chi connectivity index (χ4v) is 1.98. The lowest BCUT2D eigenvalue weighted by Gasteiger charge is -2.18. The van der Waals surface area contributed by atoms with Crippen molar-refractivity contribution in [3.8, 4) is 11.5 Å². The number of carbonyl (C=O) groups is 2. The Hall–Kier alpha value is -2.28. The van der Waals surface area contributed by atoms with Gasteiger partial charge in [0.1, 0.15) is 0 Å². The third-order valence-corrected chi connectivity index (χ3v) is 3.43. The van der Waals surface area contributed by atoms with Gasteiger partial charge in [0.25, 0.3) is 11.8 Å². The maximum Gasteiger partial charge on any atom is 0.279 e. The van der Waals surface area contributed by atoms with E-state index in [1.54, 1.807) is 32.2 Å². The molecule has 0 aliphatic carbocycles. The van der Waals surface area contributed by atoms with Gasteiger partial charge in [0.2, 0.25) is 0 Å². The third-order valence-electron chi connectivity index (χ3n) is 3.43. The standard InChI is InChI=1S/C16H25N3O4/c1-5-22-13-8-7-12(9-14(13)23-6-2)18-15(20)10-19(4)11(3)16(17)21/h7-9,11H,5-6,10H2,1-4H3,(H2,17,21)(H,18,20)/p+1/t11-/m1/s1. The second-order valence-corrected chi connectivity index (χ2v) is 5.22. The number of benzene rings is 1. The maximum absolute atomic E-state index is 12.1. The first kappa shape index (κ1) is 18.8. The highest BCUT2D eigenvalue weighted by atomic mass is 16.5. The summed E-state index contributed by atoms with van der Waals surface area (Å²) in [7, 11) is 1.75. The highest BCUT2D eigenvalue weighted by Crippen LogP contribution is 2.30. The van der Waals surface area contributed by atoms with Gasteiger partial charge in [0.05, 0.1) is 20.3 Å². The van der Waals surface area contributed by atoms with Gasteiger partial charge in [-0.3, -0.25) is 9.59 Å². The molecule has 0 bridgehead atoms. The van der Waals surface area contributed by atoms with Crippen LogP contribution in [0.3, 0.4) is 0 Å². The Morgan fingerprint density at radius 3 is 2.39 bits per heavy atom. The van der Waals surface area contributed by atoms with Crippen LogP contribution in [0.25, 0.3) is 0 Å². The monoisotopic (exact) mass is 324 g/mol. The molecule has 2 amide bonds. The van der Waals surface area contributed by atoms with Crippen molar-refractivity contribution in [2.75, 3.05) is 32.1 Å². The fraction of sp³-hybridized carbons (Fsp3) is 0.500. The first-order valence-corrected chi connectivity index (χ1v) is 7.70. The molecule has 0 saturated heterocycles. The lowest BCUT2D eigenvalue weighted by atomic mass is 10.2. The van der Waals surface area contributed by atoms with Gasteiger partial charge in [-0.2, -0.15) is 0 Å². The Labute approximate surface area is 136 Å². The molecule has 0 aromatic heterocycles. The number of ether oxygens (including phenoxy) is 2. The zero-order valence-electron chi connectivity index (χ0n) is 14.1. The van der Waals surface area contributed by atoms with Gasteiger partial charge in [-0.1, -0.05) is 0 Å². The summed E-state index contributed by atoms with van der Waals surface area (Å²) in [6.07, 6.45) is 0. The predicted molar refractivity (Wildman–Crippen MR) is 87.8 cm³/mol. The van der Waals surface area contributed by atoms with Crippen molar-refractivity contribution >= 4 is 17.5 Å². The quantitative estimate of drug-likeness (QED) is 0.587. The van der Waals surface area contributed by atoms with Crippen LogP contribution in [0, 0.1) is 0 Å². The summed E-state index contributed by atoms with van der Waals surface area (Å²) in [5.74, 6) is 0.577. The number of anilines is 1. The number of rotatable bonds is 9. The van der Waals surface area contributed by atoms with Crippen molar-refractivity contribution in [3.63, 3.8) is 0 Å². The average Bonchev–Trinajstić information content (AvgIpc) is 2.49. The van der Waals surface area contributed by atoms with E-state index < -0.39 is 11.9 Å². The van der Waals surface area contributed by atoms with Crippen molar-refractivity contribution in [2.45, 2.75) is 26.8 Å². The van der Waals surface area contributed by atoms with Crippen LogP contribution in [0.15, 0.2) is 18.2 Å². The van der Waals surface area contributed by atoms with Gasteiger partial charge in [0.15, 0.2) is 24.1 Å². The van der Waals surface area contributed by atoms with Crippen LogP contribution in [0.1, 0.15) is 20.8 Å². The zero-order valence-corrected chi connectivity index (χ0v) is 14.1. The Morgan fingerprint density at radius 1 is 1.22 bits per heavy atom. The number of hydrogen-bond acceptors (Lipinski definition) is 4. The molecule has 1 rings (SSSR count). The van der Waals surface area contributed by atoms with Crippen LogP contribution in [0.5, 0.6) is 11.5 Å². The van der Waals surface area contributed by atoms with E-state index >= 15 is 0 Å². The molecule has 0 radical (unpaired) electrons. The first-order chi connectivity index (χ1) is 10.9. The minimum atomic E-state index is -0.435. The summed E-state index contributed by atoms with van der Waals surface area (Å²) >= 11 is 0. The predicted octanol–water partition coefficient (Wildman–Crippen LogP) is -0.189. The van der Waals surface area contributed by atoms with E-state index in [1.807, 2.05) is 13.8 Å². The van der Waals surface area contributed by atoms with Crippen LogP contribution in [0.4, 0.5) is 5.69 Å². The second-order valence-electron chi connectivity index (χ2n) is 5.22. The molecule has 2 atom stereocenters. The average molecular weight is 324 g/mol. The smallest absolute Gasteiger partial charge is 0.279 e. The normalized spacial score (nSPS) is 13.0. The largest absolute Gasteiger partial charge is 0.490 e. The number of quaternary nitrogens is 1. The molecule has 0 heterocycles. The van der Waals surface area contributed by atoms with Crippen molar-refractivity contribution in [1.82, 2.24) is 0 Å². The molecule has 7 nitrogen and oxygen atoms in total. The van der Waals surface area contributed by atoms with Crippen molar-refractivity contribution in [1.29, 1.82) is 0 Å². The van der Waals surface area contributed by atoms with Crippen LogP contribution < -0.4 is 25.4 Å². The first-order valence-electron chi connectivity index (χ1n) is 7.70. The third kappa shape index (κ3) is 5.78. The minimum absolute atomic E-state index is 0.140. The van der Waals surface area contributed by atoms with Crippen molar-refractivity contribution in [2.24, 2.45) is 5.73 Å². The van der Waals surface area contributed by atoms with E-state index in [-0.39, 0.29) is 12.5 Å². The number of carbonyl (C=O) groups excluding carboxylic acids is 2. The van der Waals surface area contributed by atoms with Gasteiger partial charge in [-0.25, -0.2) is 0 Å². The number of nitrogens with one attached hydrogen (secondary N) is 2. The summed E-state index contributed by atoms with van der Waals surface area (Å²) in [5, 5.41) is 2.79. The summed E-state index contributed by atoms with van der Waals surface area (Å²) in [6, 6.07) is 4.80. The van der Waals surface area contributed by atoms with E-state index in [4.69, 9.17) is 15.2 Å². The molecule has 1 aromatic carbocycles. The van der Waals surface area contributed by atoms with Crippen molar-refractivity contribution in [3.05, 3.63) is 18.2 Å². The van der Waals surface area contributed by atoms with Crippen LogP contribution in [-0.2, 0) is 9.59 Å². The SMILES string of the molecule is CCOc1ccc(NC(=O)C[NH+](C)[C@H](C)C(N)=O)cc1OCC. The summed E-state index contributed by atoms with van der Waals surface area (Å²) in [5.41, 5.74) is 5.85. The molecule has 0 aliphatic heterocycles. The number of nitrogens with two attached hydrogens (primary N) is 1. The van der Waals surface area contributed by atoms with Gasteiger partial charge in [0, 0.05) is 11.8 Å². The van der Waals surface area contributed by atoms with Gasteiger partial charge < -0.3 is 25.4 Å². The molecule has 0 spiro atoms. The van der Waals surface area contributed by atoms with E-state index in [9.17, 15) is 9.59 Å². The molecular formula is C16H26N3O4+. The molecule has 0 saturated carbocycles. The molecule has 0 fully saturated rings. The number of likely N-dealkylation sites (N-methyl/N-ethyl adjacent to an activating group) is 1. The Kier molecular flexibility index (Phi) is 7.34. The summed E-state index contributed by atoms with van der Waals surface area (Å²) in [6.45, 7) is 6.64. The van der Waals surface area contributed by atoms with E-state index in [0.29, 0.717) is 30.4 Å². The van der Waals surface area contributed by atoms with Gasteiger partial charge in [-0.05, 0) is 32.9 Å². The Morgan fingerprint density at radius 2 is 1.83 bits per heavy atom. The van der Waals surface area contributed by atoms with Crippen molar-refractivity contribution < 1.29 is 24.0 Å². The molecule has 1 unspecified atom stereocenters. The molecule has 1 aromatic rings. The molecule has 0 aliphatic rings. The zero-order chi connectivity index (χ0) is 17.4. The second kappa shape index (κ2) is 8.99. The van der Waals surface area contributed by atoms with Gasteiger partial charge in [-0.15, -0.1) is 0 Å². The lowest BCUT2D eigenvalue weighted by molar-refractivity contribution is -0.885. The minimum Gasteiger partial charge on any atom is -0.490 e.